The van der Waals surface area contributed by atoms with Gasteiger partial charge in [0.1, 0.15) is 5.82 Å². The molecule has 3 rings (SSSR count). The molecule has 1 saturated carbocycles. The van der Waals surface area contributed by atoms with Gasteiger partial charge in [-0.1, -0.05) is 13.0 Å². The molecule has 2 N–H and O–H groups in total. The zero-order valence-electron chi connectivity index (χ0n) is 15.1. The van der Waals surface area contributed by atoms with E-state index in [1.165, 1.54) is 25.7 Å². The van der Waals surface area contributed by atoms with Gasteiger partial charge in [-0.2, -0.15) is 0 Å². The summed E-state index contributed by atoms with van der Waals surface area (Å²) in [6.07, 6.45) is 7.87. The maximum Gasteiger partial charge on any atom is 0.191 e. The second-order valence-electron chi connectivity index (χ2n) is 6.66. The quantitative estimate of drug-likeness (QED) is 0.413. The van der Waals surface area contributed by atoms with E-state index in [4.69, 9.17) is 4.99 Å². The number of hydrogen-bond donors (Lipinski definition) is 2. The van der Waals surface area contributed by atoms with Crippen LogP contribution in [0.2, 0.25) is 0 Å². The predicted molar refractivity (Wildman–Crippen MR) is 113 cm³/mol. The lowest BCUT2D eigenvalue weighted by molar-refractivity contribution is 0.329. The van der Waals surface area contributed by atoms with Crippen LogP contribution in [-0.2, 0) is 6.42 Å². The fraction of sp³-hybridized carbons (Fsp3) is 0.611. The first kappa shape index (κ1) is 19.9. The number of fused-ring (bicyclic) bond motifs is 1. The Morgan fingerprint density at radius 3 is 2.80 bits per heavy atom. The zero-order valence-corrected chi connectivity index (χ0v) is 17.4. The number of aromatic nitrogens is 3. The first-order chi connectivity index (χ1) is 11.8. The molecule has 1 aliphatic carbocycles. The topological polar surface area (TPSA) is 66.6 Å². The van der Waals surface area contributed by atoms with Crippen LogP contribution in [0.4, 0.5) is 0 Å². The molecule has 0 atom stereocenters. The smallest absolute Gasteiger partial charge is 0.191 e. The predicted octanol–water partition coefficient (Wildman–Crippen LogP) is 3.02. The third-order valence-electron chi connectivity index (χ3n) is 4.69. The summed E-state index contributed by atoms with van der Waals surface area (Å²) in [7, 11) is 0. The number of halogens is 1. The molecule has 2 aromatic heterocycles. The summed E-state index contributed by atoms with van der Waals surface area (Å²) < 4.78 is 2.03. The number of rotatable bonds is 5. The molecule has 0 aliphatic heterocycles. The molecule has 6 nitrogen and oxygen atoms in total. The lowest BCUT2D eigenvalue weighted by Gasteiger charge is -2.28. The largest absolute Gasteiger partial charge is 0.357 e. The molecule has 138 valence electrons. The van der Waals surface area contributed by atoms with Crippen molar-refractivity contribution in [1.82, 2.24) is 25.2 Å². The number of pyridine rings is 1. The van der Waals surface area contributed by atoms with Gasteiger partial charge in [0.05, 0.1) is 0 Å². The van der Waals surface area contributed by atoms with E-state index in [0.717, 1.165) is 36.3 Å². The van der Waals surface area contributed by atoms with E-state index >= 15 is 0 Å². The van der Waals surface area contributed by atoms with Crippen molar-refractivity contribution in [3.8, 4) is 0 Å². The van der Waals surface area contributed by atoms with Crippen LogP contribution in [0.25, 0.3) is 5.65 Å². The van der Waals surface area contributed by atoms with Crippen LogP contribution < -0.4 is 10.6 Å². The minimum atomic E-state index is 0. The van der Waals surface area contributed by atoms with Crippen LogP contribution in [-0.4, -0.2) is 39.7 Å². The van der Waals surface area contributed by atoms with Crippen LogP contribution >= 0.6 is 24.0 Å². The molecule has 2 heterocycles. The number of guanidine groups is 1. The highest BCUT2D eigenvalue weighted by Crippen LogP contribution is 2.23. The first-order valence-electron chi connectivity index (χ1n) is 9.09. The number of nitrogens with zero attached hydrogens (tertiary/aromatic N) is 4. The first-order valence-corrected chi connectivity index (χ1v) is 9.09. The van der Waals surface area contributed by atoms with Crippen molar-refractivity contribution in [1.29, 1.82) is 0 Å². The van der Waals surface area contributed by atoms with Crippen molar-refractivity contribution in [2.45, 2.75) is 52.0 Å². The SMILES string of the molecule is CCNC(=NCCc1nnc2ccccn12)NC1CCC(C)CC1.I. The highest BCUT2D eigenvalue weighted by atomic mass is 127. The van der Waals surface area contributed by atoms with E-state index in [-0.39, 0.29) is 24.0 Å². The summed E-state index contributed by atoms with van der Waals surface area (Å²) in [5, 5.41) is 15.4. The van der Waals surface area contributed by atoms with Crippen molar-refractivity contribution < 1.29 is 0 Å². The summed E-state index contributed by atoms with van der Waals surface area (Å²) >= 11 is 0. The third kappa shape index (κ3) is 5.55. The Bertz CT molecular complexity index is 675. The van der Waals surface area contributed by atoms with Crippen molar-refractivity contribution in [3.05, 3.63) is 30.2 Å². The monoisotopic (exact) mass is 456 g/mol. The molecular weight excluding hydrogens is 427 g/mol. The van der Waals surface area contributed by atoms with Gasteiger partial charge >= 0.3 is 0 Å². The van der Waals surface area contributed by atoms with Crippen LogP contribution in [0.5, 0.6) is 0 Å². The summed E-state index contributed by atoms with van der Waals surface area (Å²) in [6, 6.07) is 6.49. The molecule has 0 unspecified atom stereocenters. The van der Waals surface area contributed by atoms with E-state index in [0.29, 0.717) is 12.6 Å². The summed E-state index contributed by atoms with van der Waals surface area (Å²) in [4.78, 5) is 4.72. The molecule has 1 aliphatic rings. The average molecular weight is 456 g/mol. The molecule has 0 bridgehead atoms. The second-order valence-corrected chi connectivity index (χ2v) is 6.66. The van der Waals surface area contributed by atoms with E-state index < -0.39 is 0 Å². The molecule has 0 saturated heterocycles. The van der Waals surface area contributed by atoms with Gasteiger partial charge in [-0.05, 0) is 50.7 Å². The zero-order chi connectivity index (χ0) is 16.8. The fourth-order valence-corrected chi connectivity index (χ4v) is 3.25. The van der Waals surface area contributed by atoms with E-state index in [1.807, 2.05) is 28.8 Å². The maximum atomic E-state index is 4.72. The van der Waals surface area contributed by atoms with Gasteiger partial charge in [0.25, 0.3) is 0 Å². The number of hydrogen-bond acceptors (Lipinski definition) is 3. The maximum absolute atomic E-state index is 4.72. The fourth-order valence-electron chi connectivity index (χ4n) is 3.25. The van der Waals surface area contributed by atoms with E-state index in [9.17, 15) is 0 Å². The standard InChI is InChI=1S/C18H28N6.HI/c1-3-19-18(21-15-9-7-14(2)8-10-15)20-12-11-17-23-22-16-6-4-5-13-24(16)17;/h4-6,13-15H,3,7-12H2,1-2H3,(H2,19,20,21);1H. The molecule has 7 heteroatoms. The third-order valence-corrected chi connectivity index (χ3v) is 4.69. The highest BCUT2D eigenvalue weighted by molar-refractivity contribution is 14.0. The van der Waals surface area contributed by atoms with Gasteiger partial charge in [-0.15, -0.1) is 34.2 Å². The van der Waals surface area contributed by atoms with E-state index in [1.54, 1.807) is 0 Å². The molecule has 0 amide bonds. The summed E-state index contributed by atoms with van der Waals surface area (Å²) in [5.74, 6) is 2.74. The molecular formula is C18H29IN6. The Morgan fingerprint density at radius 2 is 2.04 bits per heavy atom. The Hall–Kier alpha value is -1.38. The minimum absolute atomic E-state index is 0. The molecule has 0 aromatic carbocycles. The van der Waals surface area contributed by atoms with Crippen molar-refractivity contribution in [2.75, 3.05) is 13.1 Å². The van der Waals surface area contributed by atoms with Gasteiger partial charge in [-0.3, -0.25) is 9.39 Å². The molecule has 2 aromatic rings. The normalized spacial score (nSPS) is 21.0. The second kappa shape index (κ2) is 9.94. The Morgan fingerprint density at radius 1 is 1.24 bits per heavy atom. The van der Waals surface area contributed by atoms with Gasteiger partial charge in [0, 0.05) is 31.7 Å². The number of nitrogens with one attached hydrogen (secondary N) is 2. The van der Waals surface area contributed by atoms with Gasteiger partial charge in [0.15, 0.2) is 11.6 Å². The minimum Gasteiger partial charge on any atom is -0.357 e. The Kier molecular flexibility index (Phi) is 7.92. The molecule has 25 heavy (non-hydrogen) atoms. The Balaban J connectivity index is 0.00000225. The van der Waals surface area contributed by atoms with Gasteiger partial charge in [0.2, 0.25) is 0 Å². The van der Waals surface area contributed by atoms with Crippen molar-refractivity contribution in [2.24, 2.45) is 10.9 Å². The van der Waals surface area contributed by atoms with Crippen LogP contribution in [0.15, 0.2) is 29.4 Å². The lowest BCUT2D eigenvalue weighted by atomic mass is 9.87. The van der Waals surface area contributed by atoms with Crippen LogP contribution in [0.1, 0.15) is 45.4 Å². The van der Waals surface area contributed by atoms with Crippen molar-refractivity contribution >= 4 is 35.6 Å². The van der Waals surface area contributed by atoms with Crippen LogP contribution in [0.3, 0.4) is 0 Å². The highest BCUT2D eigenvalue weighted by Gasteiger charge is 2.18. The van der Waals surface area contributed by atoms with Gasteiger partial charge in [-0.25, -0.2) is 0 Å². The molecule has 0 radical (unpaired) electrons. The van der Waals surface area contributed by atoms with Crippen molar-refractivity contribution in [3.63, 3.8) is 0 Å². The molecule has 0 spiro atoms. The lowest BCUT2D eigenvalue weighted by Crippen LogP contribution is -2.44. The molecule has 1 fully saturated rings. The average Bonchev–Trinajstić information content (AvgIpc) is 3.00. The van der Waals surface area contributed by atoms with Gasteiger partial charge < -0.3 is 10.6 Å². The summed E-state index contributed by atoms with van der Waals surface area (Å²) in [5.41, 5.74) is 0.887. The van der Waals surface area contributed by atoms with E-state index in [2.05, 4.69) is 34.7 Å². The number of aliphatic imine (C=N–C) groups is 1. The van der Waals surface area contributed by atoms with Crippen LogP contribution in [0, 0.1) is 5.92 Å². The Labute approximate surface area is 166 Å². The summed E-state index contributed by atoms with van der Waals surface area (Å²) in [6.45, 7) is 6.03.